The van der Waals surface area contributed by atoms with Gasteiger partial charge in [-0.25, -0.2) is 9.97 Å². The molecule has 3 aromatic rings. The monoisotopic (exact) mass is 462 g/mol. The van der Waals surface area contributed by atoms with Gasteiger partial charge in [-0.1, -0.05) is 36.9 Å². The SMILES string of the molecule is C[C@@H]1CCc2c(sc(NC(=O)CSc3nc(C(F)(F)F)nc4ccccc34)c2C#N)C1. The summed E-state index contributed by atoms with van der Waals surface area (Å²) >= 11 is 2.33. The fourth-order valence-corrected chi connectivity index (χ4v) is 5.73. The Morgan fingerprint density at radius 3 is 2.87 bits per heavy atom. The minimum Gasteiger partial charge on any atom is -0.316 e. The molecule has 1 atom stereocenters. The number of carbonyl (C=O) groups is 1. The number of aromatic nitrogens is 2. The maximum atomic E-state index is 13.2. The molecule has 1 aliphatic rings. The number of thiophene rings is 1. The van der Waals surface area contributed by atoms with Gasteiger partial charge in [-0.15, -0.1) is 11.3 Å². The van der Waals surface area contributed by atoms with Crippen molar-refractivity contribution >= 4 is 44.9 Å². The van der Waals surface area contributed by atoms with Gasteiger partial charge in [-0.2, -0.15) is 18.4 Å². The normalized spacial score (nSPS) is 16.0. The molecular formula is C21H17F3N4OS2. The molecule has 0 saturated carbocycles. The largest absolute Gasteiger partial charge is 0.451 e. The van der Waals surface area contributed by atoms with Gasteiger partial charge in [-0.3, -0.25) is 4.79 Å². The number of nitriles is 1. The third kappa shape index (κ3) is 4.52. The van der Waals surface area contributed by atoms with E-state index in [2.05, 4.69) is 28.3 Å². The van der Waals surface area contributed by atoms with Crippen LogP contribution in [0.4, 0.5) is 18.2 Å². The molecule has 0 spiro atoms. The van der Waals surface area contributed by atoms with Crippen LogP contribution in [0.15, 0.2) is 29.3 Å². The van der Waals surface area contributed by atoms with Crippen LogP contribution in [-0.2, 0) is 23.8 Å². The Kier molecular flexibility index (Phi) is 5.90. The minimum absolute atomic E-state index is 0.0906. The van der Waals surface area contributed by atoms with E-state index in [0.29, 0.717) is 21.9 Å². The van der Waals surface area contributed by atoms with Crippen LogP contribution in [0.1, 0.15) is 35.2 Å². The number of halogens is 3. The number of fused-ring (bicyclic) bond motifs is 2. The lowest BCUT2D eigenvalue weighted by atomic mass is 9.89. The number of hydrogen-bond acceptors (Lipinski definition) is 6. The zero-order valence-corrected chi connectivity index (χ0v) is 18.0. The van der Waals surface area contributed by atoms with Gasteiger partial charge >= 0.3 is 6.18 Å². The maximum absolute atomic E-state index is 13.2. The lowest BCUT2D eigenvalue weighted by Gasteiger charge is -2.17. The van der Waals surface area contributed by atoms with Crippen LogP contribution in [0.5, 0.6) is 0 Å². The second-order valence-electron chi connectivity index (χ2n) is 7.37. The molecule has 1 N–H and O–H groups in total. The number of amides is 1. The molecule has 0 aliphatic heterocycles. The molecule has 1 aliphatic carbocycles. The van der Waals surface area contributed by atoms with Crippen molar-refractivity contribution in [3.63, 3.8) is 0 Å². The Balaban J connectivity index is 1.54. The number of nitrogens with zero attached hydrogens (tertiary/aromatic N) is 3. The number of nitrogens with one attached hydrogen (secondary N) is 1. The Labute approximate surface area is 184 Å². The standard InChI is InChI=1S/C21H17F3N4OS2/c1-11-6-7-12-14(9-25)19(31-16(12)8-11)27-17(29)10-30-18-13-4-2-3-5-15(13)26-20(28-18)21(22,23)24/h2-5,11H,6-8,10H2,1H3,(H,27,29)/t11-/m1/s1. The number of hydrogen-bond donors (Lipinski definition) is 1. The van der Waals surface area contributed by atoms with Gasteiger partial charge < -0.3 is 5.32 Å². The van der Waals surface area contributed by atoms with E-state index in [0.717, 1.165) is 41.5 Å². The van der Waals surface area contributed by atoms with E-state index in [-0.39, 0.29) is 16.3 Å². The summed E-state index contributed by atoms with van der Waals surface area (Å²) in [6, 6.07) is 8.57. The van der Waals surface area contributed by atoms with Crippen LogP contribution in [0.2, 0.25) is 0 Å². The highest BCUT2D eigenvalue weighted by Crippen LogP contribution is 2.39. The second kappa shape index (κ2) is 8.48. The molecular weight excluding hydrogens is 445 g/mol. The Morgan fingerprint density at radius 1 is 1.35 bits per heavy atom. The lowest BCUT2D eigenvalue weighted by molar-refractivity contribution is -0.145. The van der Waals surface area contributed by atoms with E-state index in [1.54, 1.807) is 18.2 Å². The molecule has 1 aromatic carbocycles. The van der Waals surface area contributed by atoms with E-state index in [4.69, 9.17) is 0 Å². The van der Waals surface area contributed by atoms with E-state index in [9.17, 15) is 23.2 Å². The van der Waals surface area contributed by atoms with Gasteiger partial charge in [0.2, 0.25) is 11.7 Å². The number of benzene rings is 1. The molecule has 5 nitrogen and oxygen atoms in total. The van der Waals surface area contributed by atoms with Crippen LogP contribution in [0, 0.1) is 17.2 Å². The number of rotatable bonds is 4. The van der Waals surface area contributed by atoms with Gasteiger partial charge in [0.05, 0.1) is 16.8 Å². The number of carbonyl (C=O) groups excluding carboxylic acids is 1. The highest BCUT2D eigenvalue weighted by molar-refractivity contribution is 8.00. The summed E-state index contributed by atoms with van der Waals surface area (Å²) in [4.78, 5) is 20.9. The summed E-state index contributed by atoms with van der Waals surface area (Å²) < 4.78 is 39.5. The van der Waals surface area contributed by atoms with E-state index >= 15 is 0 Å². The quantitative estimate of drug-likeness (QED) is 0.413. The van der Waals surface area contributed by atoms with Crippen molar-refractivity contribution in [3.8, 4) is 6.07 Å². The molecule has 10 heteroatoms. The van der Waals surface area contributed by atoms with Gasteiger partial charge in [0.1, 0.15) is 16.1 Å². The number of alkyl halides is 3. The van der Waals surface area contributed by atoms with E-state index in [1.807, 2.05) is 0 Å². The molecule has 0 radical (unpaired) electrons. The predicted molar refractivity (Wildman–Crippen MR) is 114 cm³/mol. The second-order valence-corrected chi connectivity index (χ2v) is 9.44. The molecule has 0 unspecified atom stereocenters. The van der Waals surface area contributed by atoms with Gasteiger partial charge in [-0.05, 0) is 36.8 Å². The first-order valence-corrected chi connectivity index (χ1v) is 11.4. The van der Waals surface area contributed by atoms with E-state index < -0.39 is 17.9 Å². The third-order valence-electron chi connectivity index (χ3n) is 5.04. The number of para-hydroxylation sites is 1. The average molecular weight is 463 g/mol. The van der Waals surface area contributed by atoms with Crippen molar-refractivity contribution in [2.24, 2.45) is 5.92 Å². The minimum atomic E-state index is -4.68. The molecule has 0 fully saturated rings. The fourth-order valence-electron chi connectivity index (χ4n) is 3.54. The maximum Gasteiger partial charge on any atom is 0.451 e. The summed E-state index contributed by atoms with van der Waals surface area (Å²) in [6.07, 6.45) is -1.99. The average Bonchev–Trinajstić information content (AvgIpc) is 3.06. The van der Waals surface area contributed by atoms with Crippen LogP contribution < -0.4 is 5.32 Å². The number of anilines is 1. The van der Waals surface area contributed by atoms with Gasteiger partial charge in [0.15, 0.2) is 0 Å². The lowest BCUT2D eigenvalue weighted by Crippen LogP contribution is -2.15. The van der Waals surface area contributed by atoms with Crippen molar-refractivity contribution in [2.45, 2.75) is 37.4 Å². The molecule has 0 bridgehead atoms. The summed E-state index contributed by atoms with van der Waals surface area (Å²) in [5.74, 6) is -1.24. The summed E-state index contributed by atoms with van der Waals surface area (Å²) in [5, 5.41) is 13.4. The molecule has 2 heterocycles. The summed E-state index contributed by atoms with van der Waals surface area (Å²) in [6.45, 7) is 2.16. The molecule has 1 amide bonds. The first kappa shape index (κ1) is 21.6. The third-order valence-corrected chi connectivity index (χ3v) is 7.20. The summed E-state index contributed by atoms with van der Waals surface area (Å²) in [5.41, 5.74) is 1.67. The van der Waals surface area contributed by atoms with Crippen LogP contribution in [-0.4, -0.2) is 21.6 Å². The fraction of sp³-hybridized carbons (Fsp3) is 0.333. The van der Waals surface area contributed by atoms with Crippen molar-refractivity contribution in [1.29, 1.82) is 5.26 Å². The van der Waals surface area contributed by atoms with Crippen LogP contribution in [0.3, 0.4) is 0 Å². The molecule has 160 valence electrons. The van der Waals surface area contributed by atoms with Crippen molar-refractivity contribution in [2.75, 3.05) is 11.1 Å². The predicted octanol–water partition coefficient (Wildman–Crippen LogP) is 5.44. The summed E-state index contributed by atoms with van der Waals surface area (Å²) in [7, 11) is 0. The smallest absolute Gasteiger partial charge is 0.316 e. The molecule has 2 aromatic heterocycles. The number of thioether (sulfide) groups is 1. The Morgan fingerprint density at radius 2 is 2.13 bits per heavy atom. The Hall–Kier alpha value is -2.64. The molecule has 4 rings (SSSR count). The van der Waals surface area contributed by atoms with Crippen LogP contribution >= 0.6 is 23.1 Å². The van der Waals surface area contributed by atoms with E-state index in [1.165, 1.54) is 17.4 Å². The van der Waals surface area contributed by atoms with Crippen LogP contribution in [0.25, 0.3) is 10.9 Å². The highest BCUT2D eigenvalue weighted by Gasteiger charge is 2.35. The zero-order chi connectivity index (χ0) is 22.2. The first-order chi connectivity index (χ1) is 14.8. The first-order valence-electron chi connectivity index (χ1n) is 9.57. The molecule has 0 saturated heterocycles. The highest BCUT2D eigenvalue weighted by atomic mass is 32.2. The molecule has 31 heavy (non-hydrogen) atoms. The zero-order valence-electron chi connectivity index (χ0n) is 16.4. The van der Waals surface area contributed by atoms with Crippen molar-refractivity contribution in [1.82, 2.24) is 9.97 Å². The van der Waals surface area contributed by atoms with Gasteiger partial charge in [0, 0.05) is 10.3 Å². The van der Waals surface area contributed by atoms with Crippen molar-refractivity contribution in [3.05, 3.63) is 46.1 Å². The Bertz CT molecular complexity index is 1200. The van der Waals surface area contributed by atoms with Gasteiger partial charge in [0.25, 0.3) is 0 Å². The van der Waals surface area contributed by atoms with Crippen molar-refractivity contribution < 1.29 is 18.0 Å². The topological polar surface area (TPSA) is 78.7 Å².